The maximum absolute atomic E-state index is 12.2. The van der Waals surface area contributed by atoms with Crippen molar-refractivity contribution in [3.8, 4) is 0 Å². The van der Waals surface area contributed by atoms with Crippen LogP contribution in [-0.4, -0.2) is 22.1 Å². The second-order valence-electron chi connectivity index (χ2n) is 4.25. The molecule has 86 valence electrons. The van der Waals surface area contributed by atoms with Gasteiger partial charge >= 0.3 is 0 Å². The van der Waals surface area contributed by atoms with Crippen molar-refractivity contribution in [1.82, 2.24) is 9.78 Å². The van der Waals surface area contributed by atoms with Crippen LogP contribution in [0.4, 0.5) is 5.69 Å². The molecule has 1 aliphatic heterocycles. The first kappa shape index (κ1) is 10.1. The van der Waals surface area contributed by atoms with Crippen molar-refractivity contribution < 1.29 is 4.79 Å². The van der Waals surface area contributed by atoms with Gasteiger partial charge in [0.1, 0.15) is 5.69 Å². The molecule has 1 N–H and O–H groups in total. The fourth-order valence-corrected chi connectivity index (χ4v) is 2.12. The first-order chi connectivity index (χ1) is 8.24. The predicted octanol–water partition coefficient (Wildman–Crippen LogP) is 1.62. The van der Waals surface area contributed by atoms with Gasteiger partial charge in [-0.25, -0.2) is 0 Å². The summed E-state index contributed by atoms with van der Waals surface area (Å²) in [5, 5.41) is 7.40. The molecule has 0 spiro atoms. The minimum absolute atomic E-state index is 0.0258. The van der Waals surface area contributed by atoms with Crippen LogP contribution in [-0.2, 0) is 13.5 Å². The highest BCUT2D eigenvalue weighted by atomic mass is 16.1. The standard InChI is InChI=1S/C13H13N3O/c1-16-7-5-11(15-16)13(17)10-3-2-9-4-6-14-12(9)8-10/h2-3,5,7-8,14H,4,6H2,1H3. The van der Waals surface area contributed by atoms with Crippen molar-refractivity contribution in [3.63, 3.8) is 0 Å². The summed E-state index contributed by atoms with van der Waals surface area (Å²) in [4.78, 5) is 12.2. The zero-order chi connectivity index (χ0) is 11.8. The lowest BCUT2D eigenvalue weighted by atomic mass is 10.0. The molecule has 1 aliphatic rings. The van der Waals surface area contributed by atoms with E-state index in [4.69, 9.17) is 0 Å². The van der Waals surface area contributed by atoms with E-state index >= 15 is 0 Å². The Labute approximate surface area is 99.3 Å². The monoisotopic (exact) mass is 227 g/mol. The van der Waals surface area contributed by atoms with Gasteiger partial charge in [-0.2, -0.15) is 5.10 Å². The number of benzene rings is 1. The summed E-state index contributed by atoms with van der Waals surface area (Å²) in [7, 11) is 1.81. The molecule has 0 amide bonds. The average molecular weight is 227 g/mol. The highest BCUT2D eigenvalue weighted by Crippen LogP contribution is 2.24. The largest absolute Gasteiger partial charge is 0.384 e. The van der Waals surface area contributed by atoms with Crippen molar-refractivity contribution in [2.45, 2.75) is 6.42 Å². The lowest BCUT2D eigenvalue weighted by molar-refractivity contribution is 0.103. The van der Waals surface area contributed by atoms with E-state index in [1.165, 1.54) is 5.56 Å². The van der Waals surface area contributed by atoms with Crippen LogP contribution in [0, 0.1) is 0 Å². The van der Waals surface area contributed by atoms with Crippen LogP contribution < -0.4 is 5.32 Å². The van der Waals surface area contributed by atoms with Gasteiger partial charge in [0.2, 0.25) is 5.78 Å². The highest BCUT2D eigenvalue weighted by molar-refractivity contribution is 6.08. The Morgan fingerprint density at radius 1 is 1.41 bits per heavy atom. The maximum atomic E-state index is 12.2. The summed E-state index contributed by atoms with van der Waals surface area (Å²) < 4.78 is 1.64. The number of fused-ring (bicyclic) bond motifs is 1. The third-order valence-corrected chi connectivity index (χ3v) is 3.03. The quantitative estimate of drug-likeness (QED) is 0.793. The number of nitrogens with one attached hydrogen (secondary N) is 1. The summed E-state index contributed by atoms with van der Waals surface area (Å²) in [5.74, 6) is -0.0258. The third-order valence-electron chi connectivity index (χ3n) is 3.03. The molecule has 17 heavy (non-hydrogen) atoms. The van der Waals surface area contributed by atoms with Crippen LogP contribution in [0.15, 0.2) is 30.5 Å². The second kappa shape index (κ2) is 3.73. The van der Waals surface area contributed by atoms with E-state index in [9.17, 15) is 4.79 Å². The molecule has 0 aliphatic carbocycles. The summed E-state index contributed by atoms with van der Waals surface area (Å²) in [6.07, 6.45) is 2.81. The lowest BCUT2D eigenvalue weighted by Gasteiger charge is -2.02. The van der Waals surface area contributed by atoms with Gasteiger partial charge in [-0.1, -0.05) is 12.1 Å². The Hall–Kier alpha value is -2.10. The molecule has 0 atom stereocenters. The SMILES string of the molecule is Cn1ccc(C(=O)c2ccc3c(c2)NCC3)n1. The number of aromatic nitrogens is 2. The van der Waals surface area contributed by atoms with Crippen molar-refractivity contribution in [2.24, 2.45) is 7.05 Å². The third kappa shape index (κ3) is 1.71. The van der Waals surface area contributed by atoms with Crippen molar-refractivity contribution in [3.05, 3.63) is 47.3 Å². The minimum atomic E-state index is -0.0258. The lowest BCUT2D eigenvalue weighted by Crippen LogP contribution is -2.04. The number of rotatable bonds is 2. The summed E-state index contributed by atoms with van der Waals surface area (Å²) in [6, 6.07) is 7.55. The highest BCUT2D eigenvalue weighted by Gasteiger charge is 2.16. The Balaban J connectivity index is 1.97. The van der Waals surface area contributed by atoms with Crippen LogP contribution in [0.3, 0.4) is 0 Å². The van der Waals surface area contributed by atoms with Crippen molar-refractivity contribution >= 4 is 11.5 Å². The molecule has 0 saturated carbocycles. The number of anilines is 1. The van der Waals surface area contributed by atoms with Crippen LogP contribution in [0.25, 0.3) is 0 Å². The molecule has 0 fully saturated rings. The average Bonchev–Trinajstić information content (AvgIpc) is 2.95. The van der Waals surface area contributed by atoms with E-state index in [1.807, 2.05) is 18.2 Å². The molecular weight excluding hydrogens is 214 g/mol. The molecule has 0 unspecified atom stereocenters. The van der Waals surface area contributed by atoms with Crippen molar-refractivity contribution in [2.75, 3.05) is 11.9 Å². The number of carbonyl (C=O) groups excluding carboxylic acids is 1. The van der Waals surface area contributed by atoms with Gasteiger partial charge in [-0.05, 0) is 24.1 Å². The van der Waals surface area contributed by atoms with Gasteiger partial charge < -0.3 is 5.32 Å². The van der Waals surface area contributed by atoms with Gasteiger partial charge in [-0.3, -0.25) is 9.48 Å². The number of nitrogens with zero attached hydrogens (tertiary/aromatic N) is 2. The van der Waals surface area contributed by atoms with E-state index < -0.39 is 0 Å². The first-order valence-electron chi connectivity index (χ1n) is 5.65. The number of carbonyl (C=O) groups is 1. The fraction of sp³-hybridized carbons (Fsp3) is 0.231. The smallest absolute Gasteiger partial charge is 0.213 e. The molecular formula is C13H13N3O. The normalized spacial score (nSPS) is 13.2. The summed E-state index contributed by atoms with van der Waals surface area (Å²) >= 11 is 0. The maximum Gasteiger partial charge on any atom is 0.213 e. The van der Waals surface area contributed by atoms with Gasteiger partial charge in [-0.15, -0.1) is 0 Å². The molecule has 4 heteroatoms. The van der Waals surface area contributed by atoms with Gasteiger partial charge in [0.15, 0.2) is 0 Å². The first-order valence-corrected chi connectivity index (χ1v) is 5.65. The summed E-state index contributed by atoms with van der Waals surface area (Å²) in [5.41, 5.74) is 3.54. The summed E-state index contributed by atoms with van der Waals surface area (Å²) in [6.45, 7) is 0.955. The molecule has 2 heterocycles. The van der Waals surface area contributed by atoms with E-state index in [0.29, 0.717) is 11.3 Å². The molecule has 0 radical (unpaired) electrons. The molecule has 2 aromatic rings. The Morgan fingerprint density at radius 2 is 2.29 bits per heavy atom. The molecule has 0 bridgehead atoms. The van der Waals surface area contributed by atoms with E-state index in [1.54, 1.807) is 24.0 Å². The van der Waals surface area contributed by atoms with Crippen LogP contribution in [0.2, 0.25) is 0 Å². The molecule has 1 aromatic heterocycles. The fourth-order valence-electron chi connectivity index (χ4n) is 2.12. The van der Waals surface area contributed by atoms with Gasteiger partial charge in [0.25, 0.3) is 0 Å². The van der Waals surface area contributed by atoms with E-state index in [-0.39, 0.29) is 5.78 Å². The zero-order valence-corrected chi connectivity index (χ0v) is 9.60. The topological polar surface area (TPSA) is 46.9 Å². The van der Waals surface area contributed by atoms with E-state index in [2.05, 4.69) is 10.4 Å². The molecule has 4 nitrogen and oxygen atoms in total. The number of ketones is 1. The molecule has 0 saturated heterocycles. The minimum Gasteiger partial charge on any atom is -0.384 e. The number of hydrogen-bond donors (Lipinski definition) is 1. The Bertz CT molecular complexity index is 586. The number of aryl methyl sites for hydroxylation is 1. The predicted molar refractivity (Wildman–Crippen MR) is 65.3 cm³/mol. The molecule has 1 aromatic carbocycles. The van der Waals surface area contributed by atoms with Crippen LogP contribution in [0.1, 0.15) is 21.6 Å². The zero-order valence-electron chi connectivity index (χ0n) is 9.60. The molecule has 3 rings (SSSR count). The van der Waals surface area contributed by atoms with Crippen molar-refractivity contribution in [1.29, 1.82) is 0 Å². The second-order valence-corrected chi connectivity index (χ2v) is 4.25. The number of hydrogen-bond acceptors (Lipinski definition) is 3. The van der Waals surface area contributed by atoms with E-state index in [0.717, 1.165) is 18.7 Å². The van der Waals surface area contributed by atoms with Crippen LogP contribution >= 0.6 is 0 Å². The Morgan fingerprint density at radius 3 is 3.06 bits per heavy atom. The van der Waals surface area contributed by atoms with Gasteiger partial charge in [0, 0.05) is 31.0 Å². The van der Waals surface area contributed by atoms with Crippen LogP contribution in [0.5, 0.6) is 0 Å². The Kier molecular flexibility index (Phi) is 2.21. The van der Waals surface area contributed by atoms with Gasteiger partial charge in [0.05, 0.1) is 0 Å².